The minimum atomic E-state index is -3.55. The number of ketones is 1. The van der Waals surface area contributed by atoms with E-state index in [0.717, 1.165) is 0 Å². The number of allylic oxidation sites excluding steroid dienone is 3. The lowest BCUT2D eigenvalue weighted by Crippen LogP contribution is -2.53. The Kier molecular flexibility index (Phi) is 12.8. The predicted molar refractivity (Wildman–Crippen MR) is 140 cm³/mol. The highest BCUT2D eigenvalue weighted by molar-refractivity contribution is 7.89. The van der Waals surface area contributed by atoms with Gasteiger partial charge in [-0.05, 0) is 59.0 Å². The van der Waals surface area contributed by atoms with Crippen LogP contribution in [0.2, 0.25) is 0 Å². The number of rotatable bonds is 12. The fourth-order valence-corrected chi connectivity index (χ4v) is 4.98. The van der Waals surface area contributed by atoms with Crippen molar-refractivity contribution in [2.75, 3.05) is 12.3 Å². The van der Waals surface area contributed by atoms with Crippen molar-refractivity contribution in [3.8, 4) is 0 Å². The van der Waals surface area contributed by atoms with Crippen molar-refractivity contribution in [2.24, 2.45) is 10.9 Å². The van der Waals surface area contributed by atoms with E-state index in [4.69, 9.17) is 4.74 Å². The third-order valence-electron chi connectivity index (χ3n) is 5.64. The highest BCUT2D eigenvalue weighted by Gasteiger charge is 2.36. The lowest BCUT2D eigenvalue weighted by Gasteiger charge is -2.25. The summed E-state index contributed by atoms with van der Waals surface area (Å²) < 4.78 is 31.5. The van der Waals surface area contributed by atoms with E-state index < -0.39 is 33.9 Å². The van der Waals surface area contributed by atoms with Crippen LogP contribution < -0.4 is 10.6 Å². The summed E-state index contributed by atoms with van der Waals surface area (Å²) in [7, 11) is -3.55. The molecule has 0 radical (unpaired) electrons. The normalized spacial score (nSPS) is 21.2. The van der Waals surface area contributed by atoms with Gasteiger partial charge in [0.2, 0.25) is 15.9 Å². The van der Waals surface area contributed by atoms with Gasteiger partial charge in [-0.3, -0.25) is 19.4 Å². The maximum absolute atomic E-state index is 13.2. The average Bonchev–Trinajstić information content (AvgIpc) is 2.95. The first-order valence-electron chi connectivity index (χ1n) is 12.1. The van der Waals surface area contributed by atoms with E-state index in [1.165, 1.54) is 35.8 Å². The molecule has 2 N–H and O–H groups in total. The van der Waals surface area contributed by atoms with E-state index in [-0.39, 0.29) is 35.8 Å². The Morgan fingerprint density at radius 2 is 1.97 bits per heavy atom. The first-order chi connectivity index (χ1) is 16.9. The number of ether oxygens (including phenoxy) is 1. The zero-order valence-electron chi connectivity index (χ0n) is 22.1. The van der Waals surface area contributed by atoms with Crippen LogP contribution in [0.1, 0.15) is 60.8 Å². The number of amides is 2. The molecule has 0 spiro atoms. The highest BCUT2D eigenvalue weighted by atomic mass is 32.2. The molecule has 1 aliphatic heterocycles. The van der Waals surface area contributed by atoms with Crippen LogP contribution in [0.4, 0.5) is 0 Å². The van der Waals surface area contributed by atoms with E-state index >= 15 is 0 Å². The maximum atomic E-state index is 13.2. The Hall–Kier alpha value is -2.79. The molecule has 3 atom stereocenters. The second kappa shape index (κ2) is 14.7. The number of aliphatic imine (C=N–C) groups is 1. The Bertz CT molecular complexity index is 1000. The van der Waals surface area contributed by atoms with Crippen LogP contribution in [0.5, 0.6) is 0 Å². The number of Topliss-reactive ketones (excluding diaryl/α,β-unsaturated/α-hetero) is 1. The van der Waals surface area contributed by atoms with E-state index in [9.17, 15) is 22.8 Å². The summed E-state index contributed by atoms with van der Waals surface area (Å²) in [5, 5.41) is 5.44. The fourth-order valence-electron chi connectivity index (χ4n) is 3.67. The molecule has 1 saturated heterocycles. The number of carbonyl (C=O) groups is 3. The number of carbonyl (C=O) groups excluding carboxylic acids is 3. The van der Waals surface area contributed by atoms with Crippen molar-refractivity contribution >= 4 is 33.8 Å². The zero-order chi connectivity index (χ0) is 27.5. The van der Waals surface area contributed by atoms with E-state index in [1.54, 1.807) is 20.8 Å². The number of nitrogens with zero attached hydrogens (tertiary/aromatic N) is 2. The third kappa shape index (κ3) is 9.69. The number of hydrogen-bond acceptors (Lipinski definition) is 7. The van der Waals surface area contributed by atoms with Gasteiger partial charge < -0.3 is 15.4 Å². The Balaban J connectivity index is 2.98. The van der Waals surface area contributed by atoms with Crippen LogP contribution in [-0.2, 0) is 29.1 Å². The standard InChI is InChI=1S/C25H40N4O6S/c1-8-13-26-15-19(7)35-23(9-2)25(32)28-21(14-17(4)5)24(31)27-20-12-11-18(6)29(16-22(20)30)36(33,34)10-3/h8-9,13,15,17-18,20-21H,1,10-12,14,16H2,2-7H3,(H,27,31)(H,28,32)/b19-15+,23-9+,26-13?/t18-,20+,21?/m1/s1. The van der Waals surface area contributed by atoms with Crippen molar-refractivity contribution in [2.45, 2.75) is 78.9 Å². The van der Waals surface area contributed by atoms with Gasteiger partial charge in [-0.15, -0.1) is 0 Å². The summed E-state index contributed by atoms with van der Waals surface area (Å²) in [5.74, 6) is -1.13. The van der Waals surface area contributed by atoms with Crippen LogP contribution in [0.3, 0.4) is 0 Å². The van der Waals surface area contributed by atoms with Crippen LogP contribution in [0.15, 0.2) is 41.4 Å². The Morgan fingerprint density at radius 1 is 1.31 bits per heavy atom. The zero-order valence-corrected chi connectivity index (χ0v) is 22.9. The summed E-state index contributed by atoms with van der Waals surface area (Å²) >= 11 is 0. The van der Waals surface area contributed by atoms with E-state index in [2.05, 4.69) is 22.2 Å². The summed E-state index contributed by atoms with van der Waals surface area (Å²) in [6, 6.07) is -2.11. The lowest BCUT2D eigenvalue weighted by atomic mass is 10.0. The predicted octanol–water partition coefficient (Wildman–Crippen LogP) is 2.44. The molecule has 0 aliphatic carbocycles. The third-order valence-corrected chi connectivity index (χ3v) is 7.57. The van der Waals surface area contributed by atoms with Gasteiger partial charge >= 0.3 is 0 Å². The van der Waals surface area contributed by atoms with Gasteiger partial charge in [-0.2, -0.15) is 4.31 Å². The summed E-state index contributed by atoms with van der Waals surface area (Å²) in [5.41, 5.74) is 0. The highest BCUT2D eigenvalue weighted by Crippen LogP contribution is 2.19. The summed E-state index contributed by atoms with van der Waals surface area (Å²) in [6.07, 6.45) is 6.95. The lowest BCUT2D eigenvalue weighted by molar-refractivity contribution is -0.131. The van der Waals surface area contributed by atoms with Crippen LogP contribution in [0, 0.1) is 5.92 Å². The van der Waals surface area contributed by atoms with Crippen molar-refractivity contribution in [3.05, 3.63) is 36.4 Å². The van der Waals surface area contributed by atoms with Crippen LogP contribution in [0.25, 0.3) is 0 Å². The van der Waals surface area contributed by atoms with Gasteiger partial charge in [0.25, 0.3) is 5.91 Å². The number of sulfonamides is 1. The van der Waals surface area contributed by atoms with Gasteiger partial charge in [0.15, 0.2) is 11.5 Å². The Morgan fingerprint density at radius 3 is 2.53 bits per heavy atom. The molecule has 1 aliphatic rings. The molecule has 2 amide bonds. The average molecular weight is 525 g/mol. The van der Waals surface area contributed by atoms with Crippen molar-refractivity contribution in [1.29, 1.82) is 0 Å². The topological polar surface area (TPSA) is 134 Å². The molecule has 0 saturated carbocycles. The molecule has 202 valence electrons. The smallest absolute Gasteiger partial charge is 0.287 e. The van der Waals surface area contributed by atoms with Gasteiger partial charge in [0.1, 0.15) is 11.8 Å². The van der Waals surface area contributed by atoms with Crippen LogP contribution >= 0.6 is 0 Å². The molecule has 11 heteroatoms. The molecule has 0 bridgehead atoms. The molecule has 1 rings (SSSR count). The van der Waals surface area contributed by atoms with Crippen molar-refractivity contribution < 1.29 is 27.5 Å². The quantitative estimate of drug-likeness (QED) is 0.229. The molecule has 0 aromatic carbocycles. The molecule has 1 heterocycles. The SMILES string of the molecule is C=CC=N/C=C(\C)O/C(=C/C)C(=O)NC(CC(C)C)C(=O)N[C@H]1CC[C@@H](C)N(S(=O)(=O)CC)CC1=O. The molecular formula is C25H40N4O6S. The second-order valence-corrected chi connectivity index (χ2v) is 11.3. The van der Waals surface area contributed by atoms with Gasteiger partial charge in [0.05, 0.1) is 24.5 Å². The van der Waals surface area contributed by atoms with Crippen molar-refractivity contribution in [3.63, 3.8) is 0 Å². The molecule has 0 aromatic rings. The first kappa shape index (κ1) is 31.2. The molecule has 0 aromatic heterocycles. The van der Waals surface area contributed by atoms with Gasteiger partial charge in [0, 0.05) is 12.3 Å². The van der Waals surface area contributed by atoms with E-state index in [0.29, 0.717) is 25.0 Å². The molecule has 1 unspecified atom stereocenters. The second-order valence-electron chi connectivity index (χ2n) is 9.08. The van der Waals surface area contributed by atoms with Crippen molar-refractivity contribution in [1.82, 2.24) is 14.9 Å². The maximum Gasteiger partial charge on any atom is 0.287 e. The number of nitrogens with one attached hydrogen (secondary N) is 2. The summed E-state index contributed by atoms with van der Waals surface area (Å²) in [6.45, 7) is 13.6. The van der Waals surface area contributed by atoms with Gasteiger partial charge in [-0.25, -0.2) is 8.42 Å². The first-order valence-corrected chi connectivity index (χ1v) is 13.8. The molecular weight excluding hydrogens is 484 g/mol. The fraction of sp³-hybridized carbons (Fsp3) is 0.600. The van der Waals surface area contributed by atoms with Crippen LogP contribution in [-0.4, -0.2) is 67.0 Å². The summed E-state index contributed by atoms with van der Waals surface area (Å²) in [4.78, 5) is 42.8. The molecule has 1 fully saturated rings. The molecule has 10 nitrogen and oxygen atoms in total. The monoisotopic (exact) mass is 524 g/mol. The minimum absolute atomic E-state index is 0.00103. The molecule has 36 heavy (non-hydrogen) atoms. The Labute approximate surface area is 215 Å². The minimum Gasteiger partial charge on any atom is -0.455 e. The largest absolute Gasteiger partial charge is 0.455 e. The van der Waals surface area contributed by atoms with Gasteiger partial charge in [-0.1, -0.05) is 26.5 Å². The number of hydrogen-bond donors (Lipinski definition) is 2. The van der Waals surface area contributed by atoms with E-state index in [1.807, 2.05) is 13.8 Å².